The first-order chi connectivity index (χ1) is 9.24. The summed E-state index contributed by atoms with van der Waals surface area (Å²) in [5.74, 6) is -0.0156. The fourth-order valence-electron chi connectivity index (χ4n) is 2.42. The van der Waals surface area contributed by atoms with Crippen LogP contribution in [0.3, 0.4) is 0 Å². The highest BCUT2D eigenvalue weighted by atomic mass is 19.1. The van der Waals surface area contributed by atoms with Crippen LogP contribution in [0.25, 0.3) is 11.3 Å². The number of rotatable bonds is 2. The van der Waals surface area contributed by atoms with Crippen molar-refractivity contribution >= 4 is 11.6 Å². The van der Waals surface area contributed by atoms with Crippen LogP contribution in [0, 0.1) is 5.82 Å². The molecule has 1 fully saturated rings. The van der Waals surface area contributed by atoms with Crippen LogP contribution in [0.5, 0.6) is 0 Å². The Balaban J connectivity index is 1.94. The molecule has 1 aromatic heterocycles. The third-order valence-electron chi connectivity index (χ3n) is 3.36. The van der Waals surface area contributed by atoms with Crippen LogP contribution in [0.4, 0.5) is 16.0 Å². The van der Waals surface area contributed by atoms with Gasteiger partial charge in [-0.15, -0.1) is 0 Å². The van der Waals surface area contributed by atoms with Crippen molar-refractivity contribution in [2.24, 2.45) is 0 Å². The Labute approximate surface area is 111 Å². The molecule has 2 aromatic rings. The van der Waals surface area contributed by atoms with E-state index in [9.17, 15) is 4.39 Å². The second-order valence-electron chi connectivity index (χ2n) is 4.66. The van der Waals surface area contributed by atoms with Crippen molar-refractivity contribution in [3.05, 3.63) is 36.3 Å². The van der Waals surface area contributed by atoms with Crippen LogP contribution in [-0.2, 0) is 0 Å². The van der Waals surface area contributed by atoms with Crippen LogP contribution in [0.1, 0.15) is 12.8 Å². The van der Waals surface area contributed by atoms with E-state index < -0.39 is 0 Å². The van der Waals surface area contributed by atoms with Crippen LogP contribution >= 0.6 is 0 Å². The molecule has 0 unspecified atom stereocenters. The molecule has 1 aliphatic rings. The molecule has 98 valence electrons. The SMILES string of the molecule is Nc1nccc(-c2ccc(N3CCCC3)c(F)c2)n1. The van der Waals surface area contributed by atoms with Crippen molar-refractivity contribution in [3.8, 4) is 11.3 Å². The third-order valence-corrected chi connectivity index (χ3v) is 3.36. The van der Waals surface area contributed by atoms with Gasteiger partial charge in [0.1, 0.15) is 5.82 Å². The average Bonchev–Trinajstić information content (AvgIpc) is 2.92. The first-order valence-electron chi connectivity index (χ1n) is 6.37. The smallest absolute Gasteiger partial charge is 0.220 e. The first kappa shape index (κ1) is 11.9. The van der Waals surface area contributed by atoms with Crippen LogP contribution in [-0.4, -0.2) is 23.1 Å². The summed E-state index contributed by atoms with van der Waals surface area (Å²) in [6.07, 6.45) is 3.83. The van der Waals surface area contributed by atoms with E-state index in [1.165, 1.54) is 6.07 Å². The number of aromatic nitrogens is 2. The lowest BCUT2D eigenvalue weighted by atomic mass is 10.1. The summed E-state index contributed by atoms with van der Waals surface area (Å²) in [4.78, 5) is 10.0. The maximum absolute atomic E-state index is 14.2. The number of benzene rings is 1. The molecule has 1 aromatic carbocycles. The standard InChI is InChI=1S/C14H15FN4/c15-11-9-10(12-5-6-17-14(16)18-12)3-4-13(11)19-7-1-2-8-19/h3-6,9H,1-2,7-8H2,(H2,16,17,18). The van der Waals surface area contributed by atoms with Crippen molar-refractivity contribution in [1.29, 1.82) is 0 Å². The van der Waals surface area contributed by atoms with Gasteiger partial charge in [0.2, 0.25) is 5.95 Å². The van der Waals surface area contributed by atoms with E-state index in [0.29, 0.717) is 11.4 Å². The lowest BCUT2D eigenvalue weighted by Gasteiger charge is -2.18. The predicted octanol–water partition coefficient (Wildman–Crippen LogP) is 2.47. The highest BCUT2D eigenvalue weighted by Gasteiger charge is 2.16. The molecular formula is C14H15FN4. The molecular weight excluding hydrogens is 243 g/mol. The van der Waals surface area contributed by atoms with E-state index in [1.54, 1.807) is 12.3 Å². The molecule has 4 nitrogen and oxygen atoms in total. The number of halogens is 1. The van der Waals surface area contributed by atoms with Crippen molar-refractivity contribution < 1.29 is 4.39 Å². The Morgan fingerprint density at radius 2 is 1.95 bits per heavy atom. The molecule has 1 aliphatic heterocycles. The Bertz CT molecular complexity index is 594. The minimum Gasteiger partial charge on any atom is -0.369 e. The second-order valence-corrected chi connectivity index (χ2v) is 4.66. The summed E-state index contributed by atoms with van der Waals surface area (Å²) < 4.78 is 14.2. The van der Waals surface area contributed by atoms with E-state index in [1.807, 2.05) is 12.1 Å². The number of hydrogen-bond acceptors (Lipinski definition) is 4. The summed E-state index contributed by atoms with van der Waals surface area (Å²) in [6, 6.07) is 6.92. The van der Waals surface area contributed by atoms with Crippen LogP contribution in [0.15, 0.2) is 30.5 Å². The molecule has 1 saturated heterocycles. The van der Waals surface area contributed by atoms with Gasteiger partial charge in [0.15, 0.2) is 0 Å². The van der Waals surface area contributed by atoms with Crippen LogP contribution in [0.2, 0.25) is 0 Å². The van der Waals surface area contributed by atoms with Gasteiger partial charge in [-0.2, -0.15) is 0 Å². The highest BCUT2D eigenvalue weighted by molar-refractivity contribution is 5.64. The van der Waals surface area contributed by atoms with Gasteiger partial charge in [-0.3, -0.25) is 0 Å². The zero-order chi connectivity index (χ0) is 13.2. The Morgan fingerprint density at radius 1 is 1.16 bits per heavy atom. The Hall–Kier alpha value is -2.17. The van der Waals surface area contributed by atoms with E-state index in [2.05, 4.69) is 14.9 Å². The number of nitrogens with two attached hydrogens (primary N) is 1. The number of nitrogens with zero attached hydrogens (tertiary/aromatic N) is 3. The second kappa shape index (κ2) is 4.84. The maximum Gasteiger partial charge on any atom is 0.220 e. The minimum atomic E-state index is -0.211. The molecule has 0 amide bonds. The molecule has 2 N–H and O–H groups in total. The molecule has 0 saturated carbocycles. The molecule has 5 heteroatoms. The number of nitrogen functional groups attached to an aromatic ring is 1. The normalized spacial score (nSPS) is 14.9. The summed E-state index contributed by atoms with van der Waals surface area (Å²) in [5, 5.41) is 0. The van der Waals surface area contributed by atoms with Crippen molar-refractivity contribution in [2.45, 2.75) is 12.8 Å². The fraction of sp³-hybridized carbons (Fsp3) is 0.286. The van der Waals surface area contributed by atoms with Gasteiger partial charge in [-0.05, 0) is 31.0 Å². The lowest BCUT2D eigenvalue weighted by Crippen LogP contribution is -2.18. The van der Waals surface area contributed by atoms with Crippen LogP contribution < -0.4 is 10.6 Å². The summed E-state index contributed by atoms with van der Waals surface area (Å²) >= 11 is 0. The van der Waals surface area contributed by atoms with Gasteiger partial charge in [0.25, 0.3) is 0 Å². The number of hydrogen-bond donors (Lipinski definition) is 1. The average molecular weight is 258 g/mol. The van der Waals surface area contributed by atoms with E-state index in [0.717, 1.165) is 31.5 Å². The predicted molar refractivity (Wildman–Crippen MR) is 73.3 cm³/mol. The van der Waals surface area contributed by atoms with Crippen molar-refractivity contribution in [3.63, 3.8) is 0 Å². The van der Waals surface area contributed by atoms with E-state index in [-0.39, 0.29) is 11.8 Å². The molecule has 0 atom stereocenters. The van der Waals surface area contributed by atoms with E-state index in [4.69, 9.17) is 5.73 Å². The monoisotopic (exact) mass is 258 g/mol. The number of anilines is 2. The van der Waals surface area contributed by atoms with E-state index >= 15 is 0 Å². The summed E-state index contributed by atoms with van der Waals surface area (Å²) in [5.41, 5.74) is 7.56. The van der Waals surface area contributed by atoms with Gasteiger partial charge in [0, 0.05) is 24.8 Å². The molecule has 0 aliphatic carbocycles. The molecule has 2 heterocycles. The quantitative estimate of drug-likeness (QED) is 0.899. The molecule has 3 rings (SSSR count). The van der Waals surface area contributed by atoms with Crippen molar-refractivity contribution in [2.75, 3.05) is 23.7 Å². The van der Waals surface area contributed by atoms with Gasteiger partial charge in [-0.1, -0.05) is 6.07 Å². The zero-order valence-corrected chi connectivity index (χ0v) is 10.5. The zero-order valence-electron chi connectivity index (χ0n) is 10.5. The minimum absolute atomic E-state index is 0.196. The molecule has 0 radical (unpaired) electrons. The molecule has 0 spiro atoms. The Kier molecular flexibility index (Phi) is 3.03. The maximum atomic E-state index is 14.2. The largest absolute Gasteiger partial charge is 0.369 e. The lowest BCUT2D eigenvalue weighted by molar-refractivity contribution is 0.623. The molecule has 0 bridgehead atoms. The third kappa shape index (κ3) is 2.36. The first-order valence-corrected chi connectivity index (χ1v) is 6.37. The fourth-order valence-corrected chi connectivity index (χ4v) is 2.42. The van der Waals surface area contributed by atoms with Gasteiger partial charge >= 0.3 is 0 Å². The van der Waals surface area contributed by atoms with Gasteiger partial charge in [0.05, 0.1) is 11.4 Å². The van der Waals surface area contributed by atoms with Crippen molar-refractivity contribution in [1.82, 2.24) is 9.97 Å². The summed E-state index contributed by atoms with van der Waals surface area (Å²) in [7, 11) is 0. The highest BCUT2D eigenvalue weighted by Crippen LogP contribution is 2.27. The Morgan fingerprint density at radius 3 is 2.63 bits per heavy atom. The molecule has 19 heavy (non-hydrogen) atoms. The van der Waals surface area contributed by atoms with Gasteiger partial charge < -0.3 is 10.6 Å². The van der Waals surface area contributed by atoms with Gasteiger partial charge in [-0.25, -0.2) is 14.4 Å². The topological polar surface area (TPSA) is 55.0 Å². The summed E-state index contributed by atoms with van der Waals surface area (Å²) in [6.45, 7) is 1.85.